The molecule has 30 heavy (non-hydrogen) atoms. The molecule has 2 N–H and O–H groups in total. The van der Waals surface area contributed by atoms with E-state index in [4.69, 9.17) is 23.2 Å². The van der Waals surface area contributed by atoms with Gasteiger partial charge in [-0.25, -0.2) is 4.98 Å². The van der Waals surface area contributed by atoms with E-state index >= 15 is 0 Å². The maximum absolute atomic E-state index is 12.7. The lowest BCUT2D eigenvalue weighted by Crippen LogP contribution is -2.42. The lowest BCUT2D eigenvalue weighted by molar-refractivity contribution is -0.122. The Bertz CT molecular complexity index is 1110. The molecule has 0 bridgehead atoms. The number of para-hydroxylation sites is 2. The summed E-state index contributed by atoms with van der Waals surface area (Å²) in [5.74, 6) is -0.988. The van der Waals surface area contributed by atoms with Crippen LogP contribution >= 0.6 is 23.2 Å². The monoisotopic (exact) mass is 444 g/mol. The summed E-state index contributed by atoms with van der Waals surface area (Å²) >= 11 is 11.9. The average molecular weight is 445 g/mol. The quantitative estimate of drug-likeness (QED) is 0.581. The van der Waals surface area contributed by atoms with Gasteiger partial charge >= 0.3 is 0 Å². The molecule has 0 saturated carbocycles. The largest absolute Gasteiger partial charge is 0.344 e. The van der Waals surface area contributed by atoms with Gasteiger partial charge in [-0.3, -0.25) is 19.3 Å². The molecule has 154 valence electrons. The average Bonchev–Trinajstić information content (AvgIpc) is 3.22. The Morgan fingerprint density at radius 1 is 1.10 bits per heavy atom. The number of nitrogens with zero attached hydrogens (tertiary/aromatic N) is 2. The van der Waals surface area contributed by atoms with Crippen molar-refractivity contribution in [2.45, 2.75) is 19.9 Å². The van der Waals surface area contributed by atoms with Crippen molar-refractivity contribution in [2.75, 3.05) is 6.54 Å². The minimum Gasteiger partial charge on any atom is -0.344 e. The number of benzene rings is 2. The number of rotatable bonds is 5. The molecule has 3 aromatic rings. The number of imidazole rings is 1. The van der Waals surface area contributed by atoms with Gasteiger partial charge in [0.2, 0.25) is 5.91 Å². The maximum atomic E-state index is 12.7. The molecule has 9 heteroatoms. The number of aromatic nitrogens is 2. The second-order valence-corrected chi connectivity index (χ2v) is 8.25. The summed E-state index contributed by atoms with van der Waals surface area (Å²) in [5.41, 5.74) is 1.93. The van der Waals surface area contributed by atoms with Gasteiger partial charge in [0, 0.05) is 0 Å². The highest BCUT2D eigenvalue weighted by Gasteiger charge is 2.38. The van der Waals surface area contributed by atoms with Crippen LogP contribution in [0.5, 0.6) is 0 Å². The van der Waals surface area contributed by atoms with Gasteiger partial charge in [-0.15, -0.1) is 0 Å². The summed E-state index contributed by atoms with van der Waals surface area (Å²) < 4.78 is 0. The first-order valence-corrected chi connectivity index (χ1v) is 10.1. The Hall–Kier alpha value is -2.90. The van der Waals surface area contributed by atoms with E-state index < -0.39 is 30.3 Å². The number of nitrogens with one attached hydrogen (secondary N) is 2. The van der Waals surface area contributed by atoms with Crippen molar-refractivity contribution in [1.29, 1.82) is 0 Å². The molecule has 0 aliphatic carbocycles. The number of aromatic amines is 1. The zero-order valence-electron chi connectivity index (χ0n) is 16.2. The van der Waals surface area contributed by atoms with Crippen LogP contribution < -0.4 is 5.32 Å². The van der Waals surface area contributed by atoms with Crippen molar-refractivity contribution < 1.29 is 14.4 Å². The predicted molar refractivity (Wildman–Crippen MR) is 114 cm³/mol. The molecule has 4 rings (SSSR count). The van der Waals surface area contributed by atoms with Crippen LogP contribution in [-0.2, 0) is 4.79 Å². The van der Waals surface area contributed by atoms with Crippen molar-refractivity contribution in [2.24, 2.45) is 5.92 Å². The number of carbonyl (C=O) groups excluding carboxylic acids is 3. The van der Waals surface area contributed by atoms with E-state index in [1.807, 2.05) is 38.1 Å². The maximum Gasteiger partial charge on any atom is 0.262 e. The van der Waals surface area contributed by atoms with Crippen molar-refractivity contribution in [3.05, 3.63) is 63.4 Å². The normalized spacial score (nSPS) is 14.5. The number of H-pyrrole nitrogens is 1. The smallest absolute Gasteiger partial charge is 0.262 e. The zero-order chi connectivity index (χ0) is 21.6. The number of halogens is 2. The second kappa shape index (κ2) is 7.74. The highest BCUT2D eigenvalue weighted by atomic mass is 35.5. The Kier molecular flexibility index (Phi) is 5.26. The van der Waals surface area contributed by atoms with E-state index in [0.29, 0.717) is 5.82 Å². The first-order chi connectivity index (χ1) is 14.3. The van der Waals surface area contributed by atoms with Gasteiger partial charge in [0.15, 0.2) is 0 Å². The van der Waals surface area contributed by atoms with E-state index in [0.717, 1.165) is 15.9 Å². The van der Waals surface area contributed by atoms with Gasteiger partial charge in [-0.2, -0.15) is 0 Å². The molecule has 1 atom stereocenters. The fourth-order valence-electron chi connectivity index (χ4n) is 3.46. The first kappa shape index (κ1) is 20.4. The highest BCUT2D eigenvalue weighted by molar-refractivity contribution is 6.43. The van der Waals surface area contributed by atoms with Crippen molar-refractivity contribution in [1.82, 2.24) is 20.2 Å². The molecule has 3 amide bonds. The summed E-state index contributed by atoms with van der Waals surface area (Å²) in [6, 6.07) is 9.85. The number of imide groups is 1. The third-order valence-electron chi connectivity index (χ3n) is 5.00. The molecule has 0 radical (unpaired) electrons. The molecule has 1 aromatic heterocycles. The van der Waals surface area contributed by atoms with Gasteiger partial charge in [0.1, 0.15) is 12.4 Å². The third kappa shape index (κ3) is 3.55. The number of carbonyl (C=O) groups is 3. The highest BCUT2D eigenvalue weighted by Crippen LogP contribution is 2.31. The first-order valence-electron chi connectivity index (χ1n) is 9.35. The summed E-state index contributed by atoms with van der Waals surface area (Å²) in [4.78, 5) is 46.6. The molecule has 2 heterocycles. The van der Waals surface area contributed by atoms with Crippen LogP contribution in [0, 0.1) is 5.92 Å². The number of amides is 3. The molecule has 7 nitrogen and oxygen atoms in total. The lowest BCUT2D eigenvalue weighted by atomic mass is 10.0. The zero-order valence-corrected chi connectivity index (χ0v) is 17.7. The summed E-state index contributed by atoms with van der Waals surface area (Å²) in [7, 11) is 0. The Morgan fingerprint density at radius 3 is 2.27 bits per heavy atom. The van der Waals surface area contributed by atoms with Crippen LogP contribution in [0.3, 0.4) is 0 Å². The minimum absolute atomic E-state index is 0.0225. The van der Waals surface area contributed by atoms with Crippen LogP contribution in [-0.4, -0.2) is 39.1 Å². The third-order valence-corrected chi connectivity index (χ3v) is 5.72. The summed E-state index contributed by atoms with van der Waals surface area (Å²) in [6.07, 6.45) is 0. The minimum atomic E-state index is -0.575. The Morgan fingerprint density at radius 2 is 1.70 bits per heavy atom. The number of hydrogen-bond acceptors (Lipinski definition) is 4. The van der Waals surface area contributed by atoms with Crippen LogP contribution in [0.4, 0.5) is 0 Å². The predicted octanol–water partition coefficient (Wildman–Crippen LogP) is 3.98. The molecule has 1 aliphatic heterocycles. The molecule has 0 saturated heterocycles. The van der Waals surface area contributed by atoms with Gasteiger partial charge in [0.05, 0.1) is 38.2 Å². The molecule has 2 aromatic carbocycles. The second-order valence-electron chi connectivity index (χ2n) is 7.44. The molecular formula is C21H18Cl2N4O3. The Balaban J connectivity index is 1.53. The van der Waals surface area contributed by atoms with E-state index in [9.17, 15) is 14.4 Å². The van der Waals surface area contributed by atoms with Crippen LogP contribution in [0.15, 0.2) is 36.4 Å². The SMILES string of the molecule is CC(C)[C@H](NC(=O)CN1C(=O)c2cc(Cl)c(Cl)cc2C1=O)c1nc2ccccc2[nH]1. The topological polar surface area (TPSA) is 95.2 Å². The van der Waals surface area contributed by atoms with Crippen LogP contribution in [0.2, 0.25) is 10.0 Å². The molecular weight excluding hydrogens is 427 g/mol. The molecule has 0 spiro atoms. The van der Waals surface area contributed by atoms with Crippen LogP contribution in [0.1, 0.15) is 46.4 Å². The van der Waals surface area contributed by atoms with Gasteiger partial charge < -0.3 is 10.3 Å². The van der Waals surface area contributed by atoms with E-state index in [1.54, 1.807) is 0 Å². The standard InChI is InChI=1S/C21H18Cl2N4O3/c1-10(2)18(19-24-15-5-3-4-6-16(15)25-19)26-17(28)9-27-20(29)11-7-13(22)14(23)8-12(11)21(27)30/h3-8,10,18H,9H2,1-2H3,(H,24,25)(H,26,28)/t18-/m0/s1. The van der Waals surface area contributed by atoms with E-state index in [2.05, 4.69) is 15.3 Å². The lowest BCUT2D eigenvalue weighted by Gasteiger charge is -2.22. The molecule has 0 unspecified atom stereocenters. The van der Waals surface area contributed by atoms with Crippen molar-refractivity contribution in [3.63, 3.8) is 0 Å². The van der Waals surface area contributed by atoms with Crippen molar-refractivity contribution in [3.8, 4) is 0 Å². The Labute approximate surface area is 182 Å². The van der Waals surface area contributed by atoms with E-state index in [-0.39, 0.29) is 27.1 Å². The van der Waals surface area contributed by atoms with Gasteiger partial charge in [-0.1, -0.05) is 49.2 Å². The number of fused-ring (bicyclic) bond motifs is 2. The fourth-order valence-corrected chi connectivity index (χ4v) is 3.79. The van der Waals surface area contributed by atoms with Crippen molar-refractivity contribution >= 4 is 52.0 Å². The molecule has 1 aliphatic rings. The number of hydrogen-bond donors (Lipinski definition) is 2. The van der Waals surface area contributed by atoms with Gasteiger partial charge in [0.25, 0.3) is 11.8 Å². The van der Waals surface area contributed by atoms with E-state index in [1.165, 1.54) is 12.1 Å². The summed E-state index contributed by atoms with van der Waals surface area (Å²) in [6.45, 7) is 3.49. The molecule has 0 fully saturated rings. The van der Waals surface area contributed by atoms with Crippen LogP contribution in [0.25, 0.3) is 11.0 Å². The summed E-state index contributed by atoms with van der Waals surface area (Å²) in [5, 5.41) is 3.23. The fraction of sp³-hybridized carbons (Fsp3) is 0.238. The van der Waals surface area contributed by atoms with Gasteiger partial charge in [-0.05, 0) is 30.2 Å².